The highest BCUT2D eigenvalue weighted by Crippen LogP contribution is 2.38. The average Bonchev–Trinajstić information content (AvgIpc) is 3.01. The molecule has 3 atom stereocenters. The van der Waals surface area contributed by atoms with Crippen molar-refractivity contribution in [2.75, 3.05) is 19.0 Å². The number of imidazole rings is 1. The van der Waals surface area contributed by atoms with Gasteiger partial charge in [-0.25, -0.2) is 4.98 Å². The van der Waals surface area contributed by atoms with Crippen LogP contribution in [0, 0.1) is 0 Å². The molecular formula is C11H16N5O5P. The first-order valence-electron chi connectivity index (χ1n) is 6.66. The molecule has 0 amide bonds. The number of aromatic nitrogens is 4. The summed E-state index contributed by atoms with van der Waals surface area (Å²) in [6, 6.07) is 0. The predicted molar refractivity (Wildman–Crippen MR) is 77.4 cm³/mol. The highest BCUT2D eigenvalue weighted by molar-refractivity contribution is 7.51. The van der Waals surface area contributed by atoms with Gasteiger partial charge in [0.2, 0.25) is 5.95 Å². The molecule has 10 nitrogen and oxygen atoms in total. The Kier molecular flexibility index (Phi) is 3.77. The lowest BCUT2D eigenvalue weighted by Crippen LogP contribution is -2.17. The summed E-state index contributed by atoms with van der Waals surface area (Å²) in [6.45, 7) is 1.16. The molecule has 1 saturated heterocycles. The molecule has 3 rings (SSSR count). The second-order valence-corrected chi connectivity index (χ2v) is 7.03. The fourth-order valence-electron chi connectivity index (χ4n) is 2.39. The van der Waals surface area contributed by atoms with Crippen molar-refractivity contribution in [2.24, 2.45) is 0 Å². The Balaban J connectivity index is 1.79. The summed E-state index contributed by atoms with van der Waals surface area (Å²) in [4.78, 5) is 31.3. The maximum atomic E-state index is 11.7. The van der Waals surface area contributed by atoms with E-state index in [0.717, 1.165) is 6.66 Å². The summed E-state index contributed by atoms with van der Waals surface area (Å²) in [5.41, 5.74) is 5.67. The van der Waals surface area contributed by atoms with Gasteiger partial charge in [0.15, 0.2) is 11.2 Å². The van der Waals surface area contributed by atoms with E-state index in [-0.39, 0.29) is 30.4 Å². The summed E-state index contributed by atoms with van der Waals surface area (Å²) >= 11 is 0. The van der Waals surface area contributed by atoms with Crippen LogP contribution in [0.2, 0.25) is 0 Å². The van der Waals surface area contributed by atoms with Gasteiger partial charge in [-0.15, -0.1) is 0 Å². The lowest BCUT2D eigenvalue weighted by molar-refractivity contribution is -0.0172. The predicted octanol–water partition coefficient (Wildman–Crippen LogP) is 0.211. The lowest BCUT2D eigenvalue weighted by Gasteiger charge is -2.16. The quantitative estimate of drug-likeness (QED) is 0.675. The van der Waals surface area contributed by atoms with Crippen molar-refractivity contribution in [3.8, 4) is 0 Å². The fraction of sp³-hybridized carbons (Fsp3) is 0.545. The molecule has 120 valence electrons. The number of rotatable bonds is 4. The van der Waals surface area contributed by atoms with Crippen molar-refractivity contribution in [3.63, 3.8) is 0 Å². The van der Waals surface area contributed by atoms with Crippen LogP contribution in [0.15, 0.2) is 11.1 Å². The number of nitrogens with one attached hydrogen (secondary N) is 1. The molecule has 1 aliphatic heterocycles. The van der Waals surface area contributed by atoms with Gasteiger partial charge in [-0.3, -0.25) is 18.9 Å². The van der Waals surface area contributed by atoms with E-state index in [0.29, 0.717) is 18.5 Å². The third-order valence-corrected chi connectivity index (χ3v) is 3.97. The van der Waals surface area contributed by atoms with Crippen LogP contribution < -0.4 is 11.3 Å². The summed E-state index contributed by atoms with van der Waals surface area (Å²) in [5, 5.41) is 0. The molecule has 0 bridgehead atoms. The zero-order valence-corrected chi connectivity index (χ0v) is 12.7. The summed E-state index contributed by atoms with van der Waals surface area (Å²) in [6.07, 6.45) is 2.09. The Morgan fingerprint density at radius 1 is 1.64 bits per heavy atom. The topological polar surface area (TPSA) is 145 Å². The number of nitrogens with zero attached hydrogens (tertiary/aromatic N) is 3. The SMILES string of the molecule is CP(=O)(O)OCC1CCC(n2cnc3c(=O)[nH]c(N)nc32)O1. The molecule has 0 saturated carbocycles. The number of hydrogen-bond acceptors (Lipinski definition) is 7. The number of anilines is 1. The van der Waals surface area contributed by atoms with Crippen molar-refractivity contribution in [1.82, 2.24) is 19.5 Å². The molecule has 2 aromatic rings. The van der Waals surface area contributed by atoms with E-state index in [2.05, 4.69) is 15.0 Å². The molecule has 1 fully saturated rings. The molecule has 3 unspecified atom stereocenters. The van der Waals surface area contributed by atoms with E-state index in [9.17, 15) is 9.36 Å². The molecule has 0 spiro atoms. The first kappa shape index (κ1) is 15.2. The second kappa shape index (κ2) is 5.47. The Morgan fingerprint density at radius 2 is 2.41 bits per heavy atom. The minimum Gasteiger partial charge on any atom is -0.369 e. The number of nitrogens with two attached hydrogens (primary N) is 1. The highest BCUT2D eigenvalue weighted by atomic mass is 31.2. The zero-order chi connectivity index (χ0) is 15.9. The summed E-state index contributed by atoms with van der Waals surface area (Å²) in [7, 11) is -3.52. The number of H-pyrrole nitrogens is 1. The number of nitrogen functional groups attached to an aromatic ring is 1. The summed E-state index contributed by atoms with van der Waals surface area (Å²) in [5.74, 6) is 0.00401. The van der Waals surface area contributed by atoms with Crippen LogP contribution in [0.1, 0.15) is 19.1 Å². The van der Waals surface area contributed by atoms with Gasteiger partial charge in [-0.05, 0) is 12.8 Å². The fourth-order valence-corrected chi connectivity index (χ4v) is 2.83. The van der Waals surface area contributed by atoms with Crippen LogP contribution in [0.3, 0.4) is 0 Å². The molecule has 1 aliphatic rings. The third-order valence-electron chi connectivity index (χ3n) is 3.35. The van der Waals surface area contributed by atoms with Crippen LogP contribution in [0.5, 0.6) is 0 Å². The van der Waals surface area contributed by atoms with E-state index in [1.165, 1.54) is 6.33 Å². The second-order valence-electron chi connectivity index (χ2n) is 5.16. The first-order valence-corrected chi connectivity index (χ1v) is 8.68. The zero-order valence-electron chi connectivity index (χ0n) is 11.8. The van der Waals surface area contributed by atoms with E-state index < -0.39 is 13.2 Å². The number of ether oxygens (including phenoxy) is 1. The Hall–Kier alpha value is -1.74. The number of hydrogen-bond donors (Lipinski definition) is 3. The molecule has 0 aliphatic carbocycles. The van der Waals surface area contributed by atoms with Gasteiger partial charge >= 0.3 is 7.60 Å². The monoisotopic (exact) mass is 329 g/mol. The van der Waals surface area contributed by atoms with Crippen LogP contribution in [-0.4, -0.2) is 43.8 Å². The molecule has 3 heterocycles. The first-order chi connectivity index (χ1) is 10.3. The summed E-state index contributed by atoms with van der Waals surface area (Å²) < 4.78 is 23.4. The van der Waals surface area contributed by atoms with Gasteiger partial charge in [0, 0.05) is 6.66 Å². The van der Waals surface area contributed by atoms with Crippen molar-refractivity contribution < 1.29 is 18.7 Å². The van der Waals surface area contributed by atoms with Gasteiger partial charge in [0.25, 0.3) is 5.56 Å². The van der Waals surface area contributed by atoms with Crippen molar-refractivity contribution in [3.05, 3.63) is 16.7 Å². The van der Waals surface area contributed by atoms with Gasteiger partial charge in [-0.1, -0.05) is 0 Å². The highest BCUT2D eigenvalue weighted by Gasteiger charge is 2.29. The lowest BCUT2D eigenvalue weighted by atomic mass is 10.2. The van der Waals surface area contributed by atoms with Gasteiger partial charge in [0.05, 0.1) is 19.0 Å². The van der Waals surface area contributed by atoms with Crippen LogP contribution in [0.25, 0.3) is 11.2 Å². The van der Waals surface area contributed by atoms with Gasteiger partial charge < -0.3 is 19.9 Å². The van der Waals surface area contributed by atoms with Crippen molar-refractivity contribution in [1.29, 1.82) is 0 Å². The number of aromatic amines is 1. The molecule has 2 aromatic heterocycles. The Bertz CT molecular complexity index is 796. The molecule has 11 heteroatoms. The Labute approximate surface area is 124 Å². The molecule has 0 aromatic carbocycles. The largest absolute Gasteiger partial charge is 0.369 e. The van der Waals surface area contributed by atoms with Crippen molar-refractivity contribution >= 4 is 24.7 Å². The average molecular weight is 329 g/mol. The molecule has 22 heavy (non-hydrogen) atoms. The van der Waals surface area contributed by atoms with E-state index in [1.54, 1.807) is 4.57 Å². The van der Waals surface area contributed by atoms with Crippen LogP contribution in [-0.2, 0) is 13.8 Å². The maximum absolute atomic E-state index is 11.7. The van der Waals surface area contributed by atoms with E-state index in [4.69, 9.17) is 19.9 Å². The number of fused-ring (bicyclic) bond motifs is 1. The third kappa shape index (κ3) is 3.05. The van der Waals surface area contributed by atoms with Crippen LogP contribution in [0.4, 0.5) is 5.95 Å². The molecule has 0 radical (unpaired) electrons. The maximum Gasteiger partial charge on any atom is 0.325 e. The minimum atomic E-state index is -3.52. The Morgan fingerprint density at radius 3 is 3.14 bits per heavy atom. The minimum absolute atomic E-state index is 0.00401. The normalized spacial score (nSPS) is 24.6. The van der Waals surface area contributed by atoms with Gasteiger partial charge in [0.1, 0.15) is 6.23 Å². The van der Waals surface area contributed by atoms with Gasteiger partial charge in [-0.2, -0.15) is 4.98 Å². The van der Waals surface area contributed by atoms with E-state index in [1.807, 2.05) is 0 Å². The van der Waals surface area contributed by atoms with E-state index >= 15 is 0 Å². The van der Waals surface area contributed by atoms with Crippen LogP contribution >= 0.6 is 7.60 Å². The molecule has 4 N–H and O–H groups in total. The van der Waals surface area contributed by atoms with Crippen molar-refractivity contribution in [2.45, 2.75) is 25.2 Å². The smallest absolute Gasteiger partial charge is 0.325 e. The molecular weight excluding hydrogens is 313 g/mol. The standard InChI is InChI=1S/C11H16N5O5P/c1-22(18,19)20-4-6-2-3-7(21-6)16-5-13-8-9(16)14-11(12)15-10(8)17/h5-7H,2-4H2,1H3,(H,18,19)(H3,12,14,15,17).